The summed E-state index contributed by atoms with van der Waals surface area (Å²) in [4.78, 5) is 104. The third-order valence-corrected chi connectivity index (χ3v) is 16.8. The van der Waals surface area contributed by atoms with Crippen LogP contribution < -0.4 is 20.7 Å². The number of benzene rings is 2. The molecule has 21 heteroatoms. The monoisotopic (exact) mass is 1010 g/mol. The molecule has 8 aromatic rings. The fourth-order valence-corrected chi connectivity index (χ4v) is 13.4. The van der Waals surface area contributed by atoms with Crippen molar-refractivity contribution in [3.63, 3.8) is 0 Å². The Bertz CT molecular complexity index is 3700. The molecule has 2 amide bonds. The zero-order valence-electron chi connectivity index (χ0n) is 39.9. The average Bonchev–Trinajstić information content (AvgIpc) is 3.83. The molecule has 4 unspecified atom stereocenters. The molecule has 5 aliphatic rings. The van der Waals surface area contributed by atoms with Crippen LogP contribution in [0, 0.1) is 29.6 Å². The molecule has 0 bridgehead atoms. The van der Waals surface area contributed by atoms with Gasteiger partial charge in [-0.05, 0) is 64.8 Å². The van der Waals surface area contributed by atoms with Gasteiger partial charge in [0, 0.05) is 94.3 Å². The first kappa shape index (κ1) is 45.9. The number of carboxylic acid groups (broad SMARTS) is 1. The van der Waals surface area contributed by atoms with Crippen molar-refractivity contribution < 1.29 is 33.8 Å². The number of esters is 1. The van der Waals surface area contributed by atoms with Crippen molar-refractivity contribution in [3.8, 4) is 0 Å². The smallest absolute Gasteiger partial charge is 0.410 e. The number of nitrogens with zero attached hydrogens (tertiary/aromatic N) is 10. The van der Waals surface area contributed by atoms with Crippen LogP contribution in [0.1, 0.15) is 61.3 Å². The number of carbonyl (C=O) groups excluding carboxylic acids is 3. The van der Waals surface area contributed by atoms with Crippen molar-refractivity contribution in [2.45, 2.75) is 46.1 Å². The van der Waals surface area contributed by atoms with Crippen molar-refractivity contribution in [1.82, 2.24) is 38.5 Å². The molecule has 0 radical (unpaired) electrons. The molecule has 2 aromatic carbocycles. The van der Waals surface area contributed by atoms with E-state index in [1.165, 1.54) is 35.1 Å². The lowest BCUT2D eigenvalue weighted by Crippen LogP contribution is -2.37. The number of pyridine rings is 2. The molecule has 10 heterocycles. The molecule has 1 aliphatic carbocycles. The first-order valence-electron chi connectivity index (χ1n) is 24.3. The number of aromatic carboxylic acids is 1. The van der Waals surface area contributed by atoms with E-state index in [0.717, 1.165) is 59.5 Å². The highest BCUT2D eigenvalue weighted by atomic mass is 32.1. The standard InChI is InChI=1S/C27H29N5O5S.C24H21N5O4S/c1-5-36-24(34)20-21(33)17-10-28-25(29-22(17)32-18-8-6-7-9-19(18)38-23(20)32)30-11-15-13-31(14-16(15)12-30)26(35)37-27(2,3)4;30-19-15-7-25-24(28-10-13-8-27(9-14(13)11-28)21(31)12-5-6-12)26-20(15)29-16-3-1-2-4-17(16)34-22(29)18(19)23(32)33/h6-10,15-16H,5,11-14H2,1-4H3;1-4,7,12-14H,5-6,8-11H2,(H,32,33). The van der Waals surface area contributed by atoms with Crippen LogP contribution in [-0.4, -0.2) is 132 Å². The Hall–Kier alpha value is -7.26. The van der Waals surface area contributed by atoms with E-state index in [2.05, 4.69) is 19.8 Å². The van der Waals surface area contributed by atoms with Gasteiger partial charge >= 0.3 is 18.0 Å². The molecule has 1 saturated carbocycles. The minimum atomic E-state index is -1.25. The van der Waals surface area contributed by atoms with E-state index >= 15 is 0 Å². The van der Waals surface area contributed by atoms with Crippen molar-refractivity contribution >= 4 is 111 Å². The van der Waals surface area contributed by atoms with Crippen LogP contribution in [-0.2, 0) is 14.3 Å². The van der Waals surface area contributed by atoms with Gasteiger partial charge in [-0.3, -0.25) is 23.2 Å². The number of hydrogen-bond donors (Lipinski definition) is 1. The third kappa shape index (κ3) is 7.74. The topological polar surface area (TPSA) is 214 Å². The summed E-state index contributed by atoms with van der Waals surface area (Å²) >= 11 is 2.65. The van der Waals surface area contributed by atoms with Crippen LogP contribution in [0.25, 0.3) is 52.2 Å². The molecular weight excluding hydrogens is 961 g/mol. The lowest BCUT2D eigenvalue weighted by molar-refractivity contribution is -0.131. The quantitative estimate of drug-likeness (QED) is 0.179. The molecule has 72 heavy (non-hydrogen) atoms. The maximum absolute atomic E-state index is 13.5. The number of anilines is 2. The molecule has 13 rings (SSSR count). The molecule has 19 nitrogen and oxygen atoms in total. The Morgan fingerprint density at radius 3 is 1.58 bits per heavy atom. The summed E-state index contributed by atoms with van der Waals surface area (Å²) in [7, 11) is 0. The van der Waals surface area contributed by atoms with Gasteiger partial charge in [0.2, 0.25) is 28.7 Å². The highest BCUT2D eigenvalue weighted by Gasteiger charge is 2.46. The minimum absolute atomic E-state index is 0.00911. The number of para-hydroxylation sites is 2. The fourth-order valence-electron chi connectivity index (χ4n) is 11.0. The summed E-state index contributed by atoms with van der Waals surface area (Å²) < 4.78 is 16.2. The van der Waals surface area contributed by atoms with Gasteiger partial charge in [-0.2, -0.15) is 9.97 Å². The molecule has 6 aromatic heterocycles. The van der Waals surface area contributed by atoms with Crippen LogP contribution in [0.15, 0.2) is 70.5 Å². The van der Waals surface area contributed by atoms with E-state index in [4.69, 9.17) is 19.4 Å². The first-order valence-corrected chi connectivity index (χ1v) is 25.9. The largest absolute Gasteiger partial charge is 0.477 e. The van der Waals surface area contributed by atoms with E-state index in [1.54, 1.807) is 16.2 Å². The summed E-state index contributed by atoms with van der Waals surface area (Å²) in [5.41, 5.74) is 0.809. The number of amides is 2. The van der Waals surface area contributed by atoms with Gasteiger partial charge in [0.15, 0.2) is 11.3 Å². The summed E-state index contributed by atoms with van der Waals surface area (Å²) in [6.07, 6.45) is 4.75. The lowest BCUT2D eigenvalue weighted by atomic mass is 10.0. The Labute approximate surface area is 418 Å². The van der Waals surface area contributed by atoms with Crippen molar-refractivity contribution in [3.05, 3.63) is 92.5 Å². The Morgan fingerprint density at radius 1 is 0.667 bits per heavy atom. The lowest BCUT2D eigenvalue weighted by Gasteiger charge is -2.26. The SMILES string of the molecule is CCOC(=O)c1c(=O)c2cnc(N3CC4CN(C(=O)OC(C)(C)C)CC4C3)nc2n2c1sc1ccccc12.O=C(O)c1c(=O)c2cnc(N3CC4CN(C(=O)C5CC5)CC4C3)nc2n2c1sc1ccccc12. The van der Waals surface area contributed by atoms with Crippen molar-refractivity contribution in [2.75, 3.05) is 68.8 Å². The molecule has 4 aliphatic heterocycles. The second kappa shape index (κ2) is 17.2. The fraction of sp³-hybridized carbons (Fsp3) is 0.412. The molecule has 1 N–H and O–H groups in total. The molecule has 0 spiro atoms. The van der Waals surface area contributed by atoms with E-state index in [-0.39, 0.29) is 52.4 Å². The molecule has 4 atom stereocenters. The van der Waals surface area contributed by atoms with Crippen LogP contribution in [0.3, 0.4) is 0 Å². The number of likely N-dealkylation sites (tertiary alicyclic amines) is 2. The number of carbonyl (C=O) groups is 4. The number of fused-ring (bicyclic) bond motifs is 12. The number of thiazole rings is 2. The van der Waals surface area contributed by atoms with Crippen LogP contribution in [0.2, 0.25) is 0 Å². The number of hydrogen-bond acceptors (Lipinski definition) is 16. The van der Waals surface area contributed by atoms with Gasteiger partial charge in [0.1, 0.15) is 26.4 Å². The van der Waals surface area contributed by atoms with Gasteiger partial charge in [-0.15, -0.1) is 22.7 Å². The maximum atomic E-state index is 13.5. The predicted molar refractivity (Wildman–Crippen MR) is 273 cm³/mol. The number of aromatic nitrogens is 6. The molecule has 5 fully saturated rings. The van der Waals surface area contributed by atoms with Crippen LogP contribution in [0.4, 0.5) is 16.7 Å². The molecular formula is C51H50N10O9S2. The van der Waals surface area contributed by atoms with Crippen LogP contribution in [0.5, 0.6) is 0 Å². The van der Waals surface area contributed by atoms with Crippen molar-refractivity contribution in [1.29, 1.82) is 0 Å². The highest BCUT2D eigenvalue weighted by Crippen LogP contribution is 2.39. The normalized spacial score (nSPS) is 20.8. The Balaban J connectivity index is 0.000000148. The zero-order chi connectivity index (χ0) is 49.9. The summed E-state index contributed by atoms with van der Waals surface area (Å²) in [5.74, 6) is 1.08. The van der Waals surface area contributed by atoms with Crippen LogP contribution >= 0.6 is 22.7 Å². The molecule has 370 valence electrons. The van der Waals surface area contributed by atoms with E-state index < -0.39 is 28.4 Å². The minimum Gasteiger partial charge on any atom is -0.477 e. The van der Waals surface area contributed by atoms with Gasteiger partial charge in [-0.1, -0.05) is 24.3 Å². The van der Waals surface area contributed by atoms with E-state index in [9.17, 15) is 33.9 Å². The maximum Gasteiger partial charge on any atom is 0.410 e. The second-order valence-corrected chi connectivity index (χ2v) is 22.5. The highest BCUT2D eigenvalue weighted by molar-refractivity contribution is 7.24. The average molecular weight is 1010 g/mol. The predicted octanol–water partition coefficient (Wildman–Crippen LogP) is 6.40. The number of rotatable bonds is 6. The van der Waals surface area contributed by atoms with Crippen molar-refractivity contribution in [2.24, 2.45) is 29.6 Å². The summed E-state index contributed by atoms with van der Waals surface area (Å²) in [6.45, 7) is 13.3. The number of carboxylic acids is 1. The zero-order valence-corrected chi connectivity index (χ0v) is 41.6. The van der Waals surface area contributed by atoms with E-state index in [0.29, 0.717) is 76.8 Å². The number of ether oxygens (including phenoxy) is 2. The van der Waals surface area contributed by atoms with Gasteiger partial charge < -0.3 is 34.2 Å². The van der Waals surface area contributed by atoms with Gasteiger partial charge in [0.05, 0.1) is 37.8 Å². The summed E-state index contributed by atoms with van der Waals surface area (Å²) in [5, 5.41) is 10.3. The van der Waals surface area contributed by atoms with Gasteiger partial charge in [0.25, 0.3) is 0 Å². The van der Waals surface area contributed by atoms with E-state index in [1.807, 2.05) is 78.6 Å². The summed E-state index contributed by atoms with van der Waals surface area (Å²) in [6, 6.07) is 15.3. The Morgan fingerprint density at radius 2 is 1.12 bits per heavy atom. The Kier molecular flexibility index (Phi) is 11.0. The first-order chi connectivity index (χ1) is 34.6. The van der Waals surface area contributed by atoms with Gasteiger partial charge in [-0.25, -0.2) is 24.4 Å². The molecule has 4 saturated heterocycles. The third-order valence-electron chi connectivity index (χ3n) is 14.5. The second-order valence-electron chi connectivity index (χ2n) is 20.4.